The Morgan fingerprint density at radius 3 is 2.48 bits per heavy atom. The van der Waals surface area contributed by atoms with Gasteiger partial charge in [0.25, 0.3) is 0 Å². The summed E-state index contributed by atoms with van der Waals surface area (Å²) < 4.78 is 2.01. The molecule has 0 aromatic carbocycles. The molecule has 3 heterocycles. The van der Waals surface area contributed by atoms with Crippen molar-refractivity contribution in [3.63, 3.8) is 0 Å². The SMILES string of the molecule is Cc1cnc(Cn2cc(C(C)(C)C)c3c(Cl)nc(N)nc32)c(C)c1Cl. The lowest BCUT2D eigenvalue weighted by Crippen LogP contribution is -2.11. The molecular formula is C18H21Cl2N5. The summed E-state index contributed by atoms with van der Waals surface area (Å²) in [6.45, 7) is 10.8. The molecule has 5 nitrogen and oxygen atoms in total. The predicted octanol–water partition coefficient (Wildman–Crippen LogP) is 4.68. The molecule has 0 aliphatic carbocycles. The van der Waals surface area contributed by atoms with Crippen molar-refractivity contribution in [2.24, 2.45) is 0 Å². The first-order valence-electron chi connectivity index (χ1n) is 8.02. The fraction of sp³-hybridized carbons (Fsp3) is 0.389. The highest BCUT2D eigenvalue weighted by molar-refractivity contribution is 6.34. The van der Waals surface area contributed by atoms with Crippen LogP contribution in [-0.2, 0) is 12.0 Å². The lowest BCUT2D eigenvalue weighted by atomic mass is 9.87. The first-order valence-corrected chi connectivity index (χ1v) is 8.78. The Hall–Kier alpha value is -1.85. The van der Waals surface area contributed by atoms with Gasteiger partial charge in [-0.3, -0.25) is 4.98 Å². The van der Waals surface area contributed by atoms with Crippen LogP contribution < -0.4 is 5.73 Å². The van der Waals surface area contributed by atoms with E-state index in [0.717, 1.165) is 32.8 Å². The summed E-state index contributed by atoms with van der Waals surface area (Å²) in [7, 11) is 0. The maximum absolute atomic E-state index is 6.39. The van der Waals surface area contributed by atoms with Crippen LogP contribution in [0.15, 0.2) is 12.4 Å². The molecule has 0 bridgehead atoms. The van der Waals surface area contributed by atoms with E-state index in [9.17, 15) is 0 Å². The Kier molecular flexibility index (Phi) is 4.41. The maximum Gasteiger partial charge on any atom is 0.223 e. The number of aromatic nitrogens is 4. The smallest absolute Gasteiger partial charge is 0.223 e. The number of aryl methyl sites for hydroxylation is 1. The molecular weight excluding hydrogens is 357 g/mol. The number of halogens is 2. The molecule has 25 heavy (non-hydrogen) atoms. The number of nitrogens with zero attached hydrogens (tertiary/aromatic N) is 4. The molecule has 0 aliphatic rings. The largest absolute Gasteiger partial charge is 0.368 e. The number of nitrogen functional groups attached to an aromatic ring is 1. The first kappa shape index (κ1) is 18.0. The predicted molar refractivity (Wildman–Crippen MR) is 103 cm³/mol. The molecule has 7 heteroatoms. The number of nitrogens with two attached hydrogens (primary N) is 1. The van der Waals surface area contributed by atoms with Gasteiger partial charge in [0.2, 0.25) is 5.95 Å². The topological polar surface area (TPSA) is 69.6 Å². The van der Waals surface area contributed by atoms with Crippen LogP contribution in [0.5, 0.6) is 0 Å². The van der Waals surface area contributed by atoms with Gasteiger partial charge >= 0.3 is 0 Å². The molecule has 0 radical (unpaired) electrons. The third-order valence-corrected chi connectivity index (χ3v) is 5.19. The summed E-state index contributed by atoms with van der Waals surface area (Å²) in [5.41, 5.74) is 10.3. The second-order valence-corrected chi connectivity index (χ2v) is 8.05. The summed E-state index contributed by atoms with van der Waals surface area (Å²) in [6.07, 6.45) is 3.84. The molecule has 0 amide bonds. The minimum Gasteiger partial charge on any atom is -0.368 e. The molecule has 3 aromatic heterocycles. The fourth-order valence-corrected chi connectivity index (χ4v) is 3.35. The average molecular weight is 378 g/mol. The summed E-state index contributed by atoms with van der Waals surface area (Å²) in [4.78, 5) is 13.1. The van der Waals surface area contributed by atoms with Crippen LogP contribution in [0.4, 0.5) is 5.95 Å². The normalized spacial score (nSPS) is 12.1. The molecule has 0 aliphatic heterocycles. The van der Waals surface area contributed by atoms with Crippen molar-refractivity contribution >= 4 is 40.2 Å². The number of anilines is 1. The van der Waals surface area contributed by atoms with E-state index in [-0.39, 0.29) is 11.4 Å². The van der Waals surface area contributed by atoms with Crippen molar-refractivity contribution in [3.8, 4) is 0 Å². The molecule has 0 saturated carbocycles. The van der Waals surface area contributed by atoms with Crippen LogP contribution in [0.2, 0.25) is 10.2 Å². The Morgan fingerprint density at radius 1 is 1.16 bits per heavy atom. The second-order valence-electron chi connectivity index (χ2n) is 7.32. The lowest BCUT2D eigenvalue weighted by molar-refractivity contribution is 0.591. The van der Waals surface area contributed by atoms with E-state index in [1.165, 1.54) is 0 Å². The Labute approximate surface area is 157 Å². The third-order valence-electron chi connectivity index (χ3n) is 4.34. The van der Waals surface area contributed by atoms with Crippen molar-refractivity contribution < 1.29 is 0 Å². The maximum atomic E-state index is 6.39. The van der Waals surface area contributed by atoms with Crippen molar-refractivity contribution in [2.45, 2.75) is 46.6 Å². The van der Waals surface area contributed by atoms with E-state index < -0.39 is 0 Å². The van der Waals surface area contributed by atoms with Crippen LogP contribution in [-0.4, -0.2) is 19.5 Å². The van der Waals surface area contributed by atoms with Crippen LogP contribution in [0, 0.1) is 13.8 Å². The monoisotopic (exact) mass is 377 g/mol. The van der Waals surface area contributed by atoms with E-state index in [1.807, 2.05) is 18.4 Å². The van der Waals surface area contributed by atoms with Gasteiger partial charge in [0.15, 0.2) is 0 Å². The van der Waals surface area contributed by atoms with Gasteiger partial charge in [-0.05, 0) is 36.0 Å². The number of hydrogen-bond donors (Lipinski definition) is 1. The van der Waals surface area contributed by atoms with Crippen LogP contribution in [0.1, 0.15) is 43.2 Å². The molecule has 3 aromatic rings. The van der Waals surface area contributed by atoms with Gasteiger partial charge in [0.1, 0.15) is 10.8 Å². The Morgan fingerprint density at radius 2 is 1.84 bits per heavy atom. The minimum absolute atomic E-state index is 0.111. The van der Waals surface area contributed by atoms with Gasteiger partial charge in [0, 0.05) is 17.4 Å². The standard InChI is InChI=1S/C18H21Cl2N5/c1-9-6-22-12(10(2)14(9)19)8-25-7-11(18(3,4)5)13-15(20)23-17(21)24-16(13)25/h6-7H,8H2,1-5H3,(H2,21,23,24). The van der Waals surface area contributed by atoms with Gasteiger partial charge < -0.3 is 10.3 Å². The number of rotatable bonds is 2. The van der Waals surface area contributed by atoms with Crippen molar-refractivity contribution in [1.82, 2.24) is 19.5 Å². The highest BCUT2D eigenvalue weighted by Crippen LogP contribution is 2.35. The van der Waals surface area contributed by atoms with Gasteiger partial charge in [-0.15, -0.1) is 0 Å². The first-order chi connectivity index (χ1) is 11.6. The Balaban J connectivity index is 2.22. The third kappa shape index (κ3) is 3.18. The molecule has 0 saturated heterocycles. The summed E-state index contributed by atoms with van der Waals surface area (Å²) in [5, 5.41) is 1.95. The molecule has 3 rings (SSSR count). The van der Waals surface area contributed by atoms with E-state index in [0.29, 0.717) is 17.3 Å². The van der Waals surface area contributed by atoms with Crippen molar-refractivity contribution in [2.75, 3.05) is 5.73 Å². The molecule has 0 fully saturated rings. The van der Waals surface area contributed by atoms with Crippen LogP contribution in [0.25, 0.3) is 11.0 Å². The Bertz CT molecular complexity index is 970. The minimum atomic E-state index is -0.111. The fourth-order valence-electron chi connectivity index (χ4n) is 2.92. The zero-order valence-corrected chi connectivity index (χ0v) is 16.5. The number of fused-ring (bicyclic) bond motifs is 1. The highest BCUT2D eigenvalue weighted by atomic mass is 35.5. The average Bonchev–Trinajstić information content (AvgIpc) is 2.87. The second kappa shape index (κ2) is 6.15. The van der Waals surface area contributed by atoms with E-state index in [2.05, 4.69) is 41.9 Å². The quantitative estimate of drug-likeness (QED) is 0.658. The van der Waals surface area contributed by atoms with Crippen LogP contribution >= 0.6 is 23.2 Å². The molecule has 2 N–H and O–H groups in total. The van der Waals surface area contributed by atoms with Gasteiger partial charge in [-0.1, -0.05) is 44.0 Å². The molecule has 0 unspecified atom stereocenters. The molecule has 0 atom stereocenters. The molecule has 132 valence electrons. The highest BCUT2D eigenvalue weighted by Gasteiger charge is 2.24. The van der Waals surface area contributed by atoms with Crippen molar-refractivity contribution in [1.29, 1.82) is 0 Å². The molecule has 0 spiro atoms. The summed E-state index contributed by atoms with van der Waals surface area (Å²) >= 11 is 12.8. The van der Waals surface area contributed by atoms with E-state index in [1.54, 1.807) is 6.20 Å². The lowest BCUT2D eigenvalue weighted by Gasteiger charge is -2.17. The van der Waals surface area contributed by atoms with Gasteiger partial charge in [-0.25, -0.2) is 4.98 Å². The number of hydrogen-bond acceptors (Lipinski definition) is 4. The summed E-state index contributed by atoms with van der Waals surface area (Å²) in [6, 6.07) is 0. The zero-order valence-electron chi connectivity index (χ0n) is 15.0. The van der Waals surface area contributed by atoms with Gasteiger partial charge in [-0.2, -0.15) is 4.98 Å². The van der Waals surface area contributed by atoms with Gasteiger partial charge in [0.05, 0.1) is 17.6 Å². The van der Waals surface area contributed by atoms with Crippen molar-refractivity contribution in [3.05, 3.63) is 45.0 Å². The zero-order chi connectivity index (χ0) is 18.5. The van der Waals surface area contributed by atoms with E-state index >= 15 is 0 Å². The summed E-state index contributed by atoms with van der Waals surface area (Å²) in [5.74, 6) is 0.156. The number of pyridine rings is 1. The van der Waals surface area contributed by atoms with E-state index in [4.69, 9.17) is 28.9 Å². The van der Waals surface area contributed by atoms with Crippen LogP contribution in [0.3, 0.4) is 0 Å².